The van der Waals surface area contributed by atoms with Crippen LogP contribution in [0.3, 0.4) is 0 Å². The lowest BCUT2D eigenvalue weighted by molar-refractivity contribution is 0.163. The Bertz CT molecular complexity index is 380. The van der Waals surface area contributed by atoms with Crippen LogP contribution in [0.25, 0.3) is 0 Å². The van der Waals surface area contributed by atoms with Crippen molar-refractivity contribution in [2.75, 3.05) is 6.61 Å². The van der Waals surface area contributed by atoms with E-state index in [0.717, 1.165) is 19.3 Å². The maximum atomic E-state index is 10.1. The number of aliphatic hydroxyl groups excluding tert-OH is 1. The summed E-state index contributed by atoms with van der Waals surface area (Å²) in [6.45, 7) is 4.55. The van der Waals surface area contributed by atoms with Gasteiger partial charge in [0, 0.05) is 11.6 Å². The molecule has 0 aliphatic carbocycles. The van der Waals surface area contributed by atoms with Gasteiger partial charge in [0.05, 0.1) is 22.8 Å². The zero-order chi connectivity index (χ0) is 13.5. The molecule has 0 aromatic heterocycles. The minimum atomic E-state index is -0.558. The average molecular weight is 291 g/mol. The summed E-state index contributed by atoms with van der Waals surface area (Å²) in [5, 5.41) is 11.1. The third-order valence-corrected chi connectivity index (χ3v) is 3.41. The second-order valence-corrected chi connectivity index (χ2v) is 5.06. The van der Waals surface area contributed by atoms with Crippen molar-refractivity contribution >= 4 is 23.2 Å². The standard InChI is InChI=1S/C14H20Cl2O2/c1-3-5-6-7-13(17)10-8-12(16)14(18-4-2)9-11(10)15/h8-9,13,17H,3-7H2,1-2H3. The number of hydrogen-bond acceptors (Lipinski definition) is 2. The smallest absolute Gasteiger partial charge is 0.139 e. The monoisotopic (exact) mass is 290 g/mol. The van der Waals surface area contributed by atoms with Gasteiger partial charge in [-0.2, -0.15) is 0 Å². The predicted molar refractivity (Wildman–Crippen MR) is 76.7 cm³/mol. The fraction of sp³-hybridized carbons (Fsp3) is 0.571. The second-order valence-electron chi connectivity index (χ2n) is 4.25. The zero-order valence-electron chi connectivity index (χ0n) is 10.9. The van der Waals surface area contributed by atoms with E-state index in [-0.39, 0.29) is 0 Å². The molecule has 0 aliphatic rings. The molecule has 2 nitrogen and oxygen atoms in total. The van der Waals surface area contributed by atoms with E-state index in [2.05, 4.69) is 6.92 Å². The summed E-state index contributed by atoms with van der Waals surface area (Å²) in [6, 6.07) is 3.37. The number of ether oxygens (including phenoxy) is 1. The van der Waals surface area contributed by atoms with Crippen molar-refractivity contribution in [2.45, 2.75) is 45.6 Å². The third kappa shape index (κ3) is 4.34. The fourth-order valence-corrected chi connectivity index (χ4v) is 2.31. The zero-order valence-corrected chi connectivity index (χ0v) is 12.4. The summed E-state index contributed by atoms with van der Waals surface area (Å²) < 4.78 is 5.35. The average Bonchev–Trinajstić information content (AvgIpc) is 2.34. The molecule has 1 N–H and O–H groups in total. The predicted octanol–water partition coefficient (Wildman–Crippen LogP) is 5.01. The largest absolute Gasteiger partial charge is 0.492 e. The van der Waals surface area contributed by atoms with E-state index in [1.807, 2.05) is 6.92 Å². The van der Waals surface area contributed by atoms with Crippen LogP contribution in [0.1, 0.15) is 51.2 Å². The van der Waals surface area contributed by atoms with E-state index in [0.29, 0.717) is 34.4 Å². The number of benzene rings is 1. The quantitative estimate of drug-likeness (QED) is 0.716. The van der Waals surface area contributed by atoms with Crippen molar-refractivity contribution in [3.8, 4) is 5.75 Å². The Kier molecular flexibility index (Phi) is 6.83. The number of aliphatic hydroxyl groups is 1. The van der Waals surface area contributed by atoms with Crippen LogP contribution >= 0.6 is 23.2 Å². The van der Waals surface area contributed by atoms with Crippen LogP contribution < -0.4 is 4.74 Å². The first-order chi connectivity index (χ1) is 8.60. The molecule has 0 spiro atoms. The van der Waals surface area contributed by atoms with Gasteiger partial charge in [0.2, 0.25) is 0 Å². The molecule has 0 amide bonds. The summed E-state index contributed by atoms with van der Waals surface area (Å²) in [6.07, 6.45) is 3.37. The molecule has 0 aliphatic heterocycles. The Balaban J connectivity index is 2.79. The molecule has 0 saturated heterocycles. The minimum Gasteiger partial charge on any atom is -0.492 e. The number of rotatable bonds is 7. The van der Waals surface area contributed by atoms with Crippen molar-refractivity contribution in [3.63, 3.8) is 0 Å². The molecule has 1 rings (SSSR count). The van der Waals surface area contributed by atoms with Gasteiger partial charge in [-0.05, 0) is 19.4 Å². The van der Waals surface area contributed by atoms with E-state index >= 15 is 0 Å². The molecule has 1 atom stereocenters. The van der Waals surface area contributed by atoms with Crippen LogP contribution in [-0.2, 0) is 0 Å². The number of halogens is 2. The molecule has 1 aromatic rings. The minimum absolute atomic E-state index is 0.491. The van der Waals surface area contributed by atoms with E-state index in [9.17, 15) is 5.11 Å². The first-order valence-corrected chi connectivity index (χ1v) is 7.15. The first kappa shape index (κ1) is 15.6. The van der Waals surface area contributed by atoms with Crippen molar-refractivity contribution in [2.24, 2.45) is 0 Å². The van der Waals surface area contributed by atoms with E-state index in [1.165, 1.54) is 0 Å². The fourth-order valence-electron chi connectivity index (χ4n) is 1.81. The van der Waals surface area contributed by atoms with Gasteiger partial charge in [-0.15, -0.1) is 0 Å². The van der Waals surface area contributed by atoms with E-state index < -0.39 is 6.10 Å². The van der Waals surface area contributed by atoms with Crippen LogP contribution in [0.2, 0.25) is 10.0 Å². The Morgan fingerprint density at radius 1 is 1.17 bits per heavy atom. The highest BCUT2D eigenvalue weighted by Crippen LogP contribution is 2.35. The maximum Gasteiger partial charge on any atom is 0.139 e. The van der Waals surface area contributed by atoms with E-state index in [1.54, 1.807) is 12.1 Å². The lowest BCUT2D eigenvalue weighted by atomic mass is 10.0. The van der Waals surface area contributed by atoms with Crippen molar-refractivity contribution < 1.29 is 9.84 Å². The van der Waals surface area contributed by atoms with Crippen LogP contribution in [-0.4, -0.2) is 11.7 Å². The molecule has 1 unspecified atom stereocenters. The third-order valence-electron chi connectivity index (χ3n) is 2.79. The first-order valence-electron chi connectivity index (χ1n) is 6.39. The lowest BCUT2D eigenvalue weighted by Crippen LogP contribution is -2.00. The topological polar surface area (TPSA) is 29.5 Å². The van der Waals surface area contributed by atoms with Gasteiger partial charge in [0.25, 0.3) is 0 Å². The molecule has 18 heavy (non-hydrogen) atoms. The van der Waals surface area contributed by atoms with Crippen LogP contribution in [0.15, 0.2) is 12.1 Å². The number of hydrogen-bond donors (Lipinski definition) is 1. The summed E-state index contributed by atoms with van der Waals surface area (Å²) in [4.78, 5) is 0. The molecular weight excluding hydrogens is 271 g/mol. The SMILES string of the molecule is CCCCCC(O)c1cc(Cl)c(OCC)cc1Cl. The van der Waals surface area contributed by atoms with Crippen molar-refractivity contribution in [1.29, 1.82) is 0 Å². The van der Waals surface area contributed by atoms with Crippen LogP contribution in [0.5, 0.6) is 5.75 Å². The Labute approximate surface area is 119 Å². The second kappa shape index (κ2) is 7.88. The molecule has 0 heterocycles. The summed E-state index contributed by atoms with van der Waals surface area (Å²) in [7, 11) is 0. The molecule has 0 bridgehead atoms. The molecule has 0 saturated carbocycles. The molecule has 4 heteroatoms. The maximum absolute atomic E-state index is 10.1. The molecule has 102 valence electrons. The Morgan fingerprint density at radius 2 is 1.89 bits per heavy atom. The molecular formula is C14H20Cl2O2. The Morgan fingerprint density at radius 3 is 2.50 bits per heavy atom. The van der Waals surface area contributed by atoms with Gasteiger partial charge in [-0.25, -0.2) is 0 Å². The highest BCUT2D eigenvalue weighted by molar-refractivity contribution is 6.34. The molecule has 0 radical (unpaired) electrons. The van der Waals surface area contributed by atoms with Gasteiger partial charge in [-0.1, -0.05) is 49.4 Å². The molecule has 1 aromatic carbocycles. The van der Waals surface area contributed by atoms with Crippen LogP contribution in [0, 0.1) is 0 Å². The lowest BCUT2D eigenvalue weighted by Gasteiger charge is -2.15. The van der Waals surface area contributed by atoms with Gasteiger partial charge in [-0.3, -0.25) is 0 Å². The van der Waals surface area contributed by atoms with Gasteiger partial charge in [0.15, 0.2) is 0 Å². The summed E-state index contributed by atoms with van der Waals surface area (Å²) in [5.74, 6) is 0.564. The highest BCUT2D eigenvalue weighted by atomic mass is 35.5. The van der Waals surface area contributed by atoms with Crippen molar-refractivity contribution in [3.05, 3.63) is 27.7 Å². The summed E-state index contributed by atoms with van der Waals surface area (Å²) in [5.41, 5.74) is 0.682. The number of unbranched alkanes of at least 4 members (excludes halogenated alkanes) is 2. The van der Waals surface area contributed by atoms with E-state index in [4.69, 9.17) is 27.9 Å². The van der Waals surface area contributed by atoms with Gasteiger partial charge >= 0.3 is 0 Å². The van der Waals surface area contributed by atoms with Crippen LogP contribution in [0.4, 0.5) is 0 Å². The molecule has 0 fully saturated rings. The van der Waals surface area contributed by atoms with Gasteiger partial charge in [0.1, 0.15) is 5.75 Å². The normalized spacial score (nSPS) is 12.5. The van der Waals surface area contributed by atoms with Gasteiger partial charge < -0.3 is 9.84 Å². The Hall–Kier alpha value is -0.440. The van der Waals surface area contributed by atoms with Crippen molar-refractivity contribution in [1.82, 2.24) is 0 Å². The highest BCUT2D eigenvalue weighted by Gasteiger charge is 2.15. The summed E-state index contributed by atoms with van der Waals surface area (Å²) >= 11 is 12.2.